The third kappa shape index (κ3) is 3.70. The second-order valence-electron chi connectivity index (χ2n) is 6.36. The van der Waals surface area contributed by atoms with Gasteiger partial charge in [-0.25, -0.2) is 0 Å². The van der Waals surface area contributed by atoms with Crippen molar-refractivity contribution in [3.05, 3.63) is 29.3 Å². The summed E-state index contributed by atoms with van der Waals surface area (Å²) in [6, 6.07) is 6.21. The van der Waals surface area contributed by atoms with E-state index in [0.29, 0.717) is 10.4 Å². The molecule has 1 aliphatic rings. The second kappa shape index (κ2) is 6.10. The molecule has 20 heavy (non-hydrogen) atoms. The minimum atomic E-state index is 0.391. The summed E-state index contributed by atoms with van der Waals surface area (Å²) in [5.41, 5.74) is 9.35. The Morgan fingerprint density at radius 3 is 2.60 bits per heavy atom. The van der Waals surface area contributed by atoms with Gasteiger partial charge in [0, 0.05) is 17.8 Å². The molecule has 1 fully saturated rings. The molecule has 1 aromatic carbocycles. The van der Waals surface area contributed by atoms with Crippen LogP contribution in [0.25, 0.3) is 0 Å². The van der Waals surface area contributed by atoms with Crippen LogP contribution in [0.4, 0.5) is 5.69 Å². The maximum Gasteiger partial charge on any atom is 0.104 e. The van der Waals surface area contributed by atoms with Gasteiger partial charge in [-0.3, -0.25) is 0 Å². The van der Waals surface area contributed by atoms with Crippen molar-refractivity contribution >= 4 is 22.9 Å². The van der Waals surface area contributed by atoms with Crippen LogP contribution in [0.1, 0.15) is 30.9 Å². The van der Waals surface area contributed by atoms with Crippen LogP contribution in [-0.4, -0.2) is 36.6 Å². The summed E-state index contributed by atoms with van der Waals surface area (Å²) in [6.45, 7) is 7.84. The first kappa shape index (κ1) is 15.3. The van der Waals surface area contributed by atoms with E-state index in [1.807, 2.05) is 6.07 Å². The fraction of sp³-hybridized carbons (Fsp3) is 0.562. The Hall–Kier alpha value is -1.13. The number of hydrogen-bond acceptors (Lipinski definition) is 3. The molecule has 110 valence electrons. The summed E-state index contributed by atoms with van der Waals surface area (Å²) in [5.74, 6) is 0. The number of thiocarbonyl (C=S) groups is 1. The van der Waals surface area contributed by atoms with Crippen molar-refractivity contribution < 1.29 is 0 Å². The lowest BCUT2D eigenvalue weighted by Gasteiger charge is -2.38. The zero-order valence-corrected chi connectivity index (χ0v) is 13.5. The van der Waals surface area contributed by atoms with Gasteiger partial charge in [-0.2, -0.15) is 0 Å². The Labute approximate surface area is 127 Å². The number of benzene rings is 1. The van der Waals surface area contributed by atoms with E-state index in [2.05, 4.69) is 43.2 Å². The number of piperidine rings is 1. The van der Waals surface area contributed by atoms with Crippen molar-refractivity contribution in [2.24, 2.45) is 11.1 Å². The van der Waals surface area contributed by atoms with Crippen molar-refractivity contribution in [3.8, 4) is 0 Å². The minimum Gasteiger partial charge on any atom is -0.389 e. The van der Waals surface area contributed by atoms with Gasteiger partial charge in [0.2, 0.25) is 0 Å². The molecule has 0 bridgehead atoms. The van der Waals surface area contributed by atoms with Crippen molar-refractivity contribution in [2.45, 2.75) is 26.7 Å². The van der Waals surface area contributed by atoms with E-state index >= 15 is 0 Å². The number of nitrogens with one attached hydrogen (secondary N) is 1. The van der Waals surface area contributed by atoms with E-state index in [1.165, 1.54) is 25.9 Å². The van der Waals surface area contributed by atoms with E-state index in [9.17, 15) is 0 Å². The maximum atomic E-state index is 5.70. The van der Waals surface area contributed by atoms with E-state index in [1.54, 1.807) is 0 Å². The van der Waals surface area contributed by atoms with Gasteiger partial charge in [0.05, 0.1) is 0 Å². The lowest BCUT2D eigenvalue weighted by molar-refractivity contribution is 0.150. The molecule has 0 atom stereocenters. The predicted octanol–water partition coefficient (Wildman–Crippen LogP) is 2.77. The summed E-state index contributed by atoms with van der Waals surface area (Å²) in [6.07, 6.45) is 2.50. The van der Waals surface area contributed by atoms with Crippen molar-refractivity contribution in [3.63, 3.8) is 0 Å². The average molecular weight is 291 g/mol. The van der Waals surface area contributed by atoms with Crippen molar-refractivity contribution in [2.75, 3.05) is 32.0 Å². The quantitative estimate of drug-likeness (QED) is 0.837. The third-order valence-corrected chi connectivity index (χ3v) is 4.63. The number of nitrogens with zero attached hydrogens (tertiary/aromatic N) is 1. The van der Waals surface area contributed by atoms with E-state index < -0.39 is 0 Å². The van der Waals surface area contributed by atoms with Gasteiger partial charge in [0.15, 0.2) is 0 Å². The lowest BCUT2D eigenvalue weighted by atomic mass is 9.80. The molecule has 1 saturated heterocycles. The van der Waals surface area contributed by atoms with Crippen LogP contribution in [0.15, 0.2) is 18.2 Å². The normalized spacial score (nSPS) is 18.8. The third-order valence-electron chi connectivity index (χ3n) is 4.41. The first-order chi connectivity index (χ1) is 9.39. The standard InChI is InChI=1S/C16H25N3S/c1-12-10-13(4-5-14(12)15(17)20)18-11-16(2)6-8-19(3)9-7-16/h4-5,10,18H,6-9,11H2,1-3H3,(H2,17,20). The minimum absolute atomic E-state index is 0.391. The molecule has 1 heterocycles. The summed E-state index contributed by atoms with van der Waals surface area (Å²) >= 11 is 5.04. The fourth-order valence-electron chi connectivity index (χ4n) is 2.70. The smallest absolute Gasteiger partial charge is 0.104 e. The molecule has 0 saturated carbocycles. The van der Waals surface area contributed by atoms with Crippen LogP contribution >= 0.6 is 12.2 Å². The van der Waals surface area contributed by atoms with Crippen LogP contribution in [0, 0.1) is 12.3 Å². The molecule has 2 rings (SSSR count). The average Bonchev–Trinajstić information content (AvgIpc) is 2.40. The number of aryl methyl sites for hydroxylation is 1. The highest BCUT2D eigenvalue weighted by Crippen LogP contribution is 2.30. The molecule has 0 aliphatic carbocycles. The van der Waals surface area contributed by atoms with Gasteiger partial charge in [0.25, 0.3) is 0 Å². The number of hydrogen-bond donors (Lipinski definition) is 2. The second-order valence-corrected chi connectivity index (χ2v) is 6.80. The van der Waals surface area contributed by atoms with E-state index in [-0.39, 0.29) is 0 Å². The van der Waals surface area contributed by atoms with Crippen molar-refractivity contribution in [1.29, 1.82) is 0 Å². The fourth-order valence-corrected chi connectivity index (χ4v) is 2.93. The van der Waals surface area contributed by atoms with Crippen LogP contribution < -0.4 is 11.1 Å². The topological polar surface area (TPSA) is 41.3 Å². The van der Waals surface area contributed by atoms with Crippen LogP contribution in [-0.2, 0) is 0 Å². The molecule has 0 unspecified atom stereocenters. The highest BCUT2D eigenvalue weighted by Gasteiger charge is 2.28. The zero-order valence-electron chi connectivity index (χ0n) is 12.7. The van der Waals surface area contributed by atoms with Gasteiger partial charge >= 0.3 is 0 Å². The van der Waals surface area contributed by atoms with Gasteiger partial charge in [0.1, 0.15) is 4.99 Å². The molecule has 3 nitrogen and oxygen atoms in total. The molecule has 0 aromatic heterocycles. The van der Waals surface area contributed by atoms with Gasteiger partial charge in [-0.15, -0.1) is 0 Å². The number of nitrogens with two attached hydrogens (primary N) is 1. The first-order valence-corrected chi connectivity index (χ1v) is 7.63. The summed E-state index contributed by atoms with van der Waals surface area (Å²) in [5, 5.41) is 3.57. The van der Waals surface area contributed by atoms with Gasteiger partial charge in [-0.05, 0) is 69.1 Å². The van der Waals surface area contributed by atoms with Gasteiger partial charge in [-0.1, -0.05) is 19.1 Å². The van der Waals surface area contributed by atoms with E-state index in [4.69, 9.17) is 18.0 Å². The molecule has 0 radical (unpaired) electrons. The molecular weight excluding hydrogens is 266 g/mol. The molecule has 3 N–H and O–H groups in total. The molecule has 1 aliphatic heterocycles. The SMILES string of the molecule is Cc1cc(NCC2(C)CCN(C)CC2)ccc1C(N)=S. The molecule has 0 spiro atoms. The summed E-state index contributed by atoms with van der Waals surface area (Å²) < 4.78 is 0. The molecule has 0 amide bonds. The van der Waals surface area contributed by atoms with E-state index in [0.717, 1.165) is 23.4 Å². The Morgan fingerprint density at radius 1 is 1.40 bits per heavy atom. The summed E-state index contributed by atoms with van der Waals surface area (Å²) in [4.78, 5) is 2.87. The van der Waals surface area contributed by atoms with Crippen LogP contribution in [0.2, 0.25) is 0 Å². The monoisotopic (exact) mass is 291 g/mol. The Kier molecular flexibility index (Phi) is 4.66. The highest BCUT2D eigenvalue weighted by atomic mass is 32.1. The maximum absolute atomic E-state index is 5.70. The molecule has 4 heteroatoms. The Balaban J connectivity index is 1.97. The number of rotatable bonds is 4. The van der Waals surface area contributed by atoms with Crippen molar-refractivity contribution in [1.82, 2.24) is 4.90 Å². The number of anilines is 1. The highest BCUT2D eigenvalue weighted by molar-refractivity contribution is 7.80. The molecule has 1 aromatic rings. The Morgan fingerprint density at radius 2 is 2.05 bits per heavy atom. The number of likely N-dealkylation sites (tertiary alicyclic amines) is 1. The lowest BCUT2D eigenvalue weighted by Crippen LogP contribution is -2.40. The van der Waals surface area contributed by atoms with Crippen LogP contribution in [0.3, 0.4) is 0 Å². The van der Waals surface area contributed by atoms with Gasteiger partial charge < -0.3 is 16.0 Å². The Bertz CT molecular complexity index is 490. The molecular formula is C16H25N3S. The zero-order chi connectivity index (χ0) is 14.8. The first-order valence-electron chi connectivity index (χ1n) is 7.22. The predicted molar refractivity (Wildman–Crippen MR) is 90.4 cm³/mol. The summed E-state index contributed by atoms with van der Waals surface area (Å²) in [7, 11) is 2.20. The van der Waals surface area contributed by atoms with Crippen LogP contribution in [0.5, 0.6) is 0 Å². The largest absolute Gasteiger partial charge is 0.389 e.